The standard InChI is InChI=1S/C22H34O2/c1-3-5-7-8-9-11-12-19-14-16-20(17-15-19)22(24)18-21(23)13-10-6-4-2/h14-17H,3-13,18H2,1-2H3. The SMILES string of the molecule is CCCCCCCCc1ccc(C(=O)CC(=O)CCCCC)cc1. The minimum atomic E-state index is -0.0392. The largest absolute Gasteiger partial charge is 0.299 e. The fourth-order valence-corrected chi connectivity index (χ4v) is 2.91. The van der Waals surface area contributed by atoms with Crippen molar-refractivity contribution in [2.75, 3.05) is 0 Å². The predicted octanol–water partition coefficient (Wildman–Crippen LogP) is 6.31. The van der Waals surface area contributed by atoms with Gasteiger partial charge < -0.3 is 0 Å². The lowest BCUT2D eigenvalue weighted by Gasteiger charge is -2.05. The highest BCUT2D eigenvalue weighted by molar-refractivity contribution is 6.07. The van der Waals surface area contributed by atoms with Crippen LogP contribution in [0.15, 0.2) is 24.3 Å². The fourth-order valence-electron chi connectivity index (χ4n) is 2.91. The number of carbonyl (C=O) groups excluding carboxylic acids is 2. The third-order valence-corrected chi connectivity index (χ3v) is 4.51. The molecule has 0 aliphatic carbocycles. The van der Waals surface area contributed by atoms with E-state index in [9.17, 15) is 9.59 Å². The van der Waals surface area contributed by atoms with E-state index in [2.05, 4.69) is 13.8 Å². The monoisotopic (exact) mass is 330 g/mol. The van der Waals surface area contributed by atoms with Crippen LogP contribution in [-0.2, 0) is 11.2 Å². The summed E-state index contributed by atoms with van der Waals surface area (Å²) < 4.78 is 0. The van der Waals surface area contributed by atoms with E-state index >= 15 is 0 Å². The van der Waals surface area contributed by atoms with Crippen molar-refractivity contribution in [3.05, 3.63) is 35.4 Å². The van der Waals surface area contributed by atoms with Crippen molar-refractivity contribution in [1.82, 2.24) is 0 Å². The van der Waals surface area contributed by atoms with E-state index in [0.717, 1.165) is 25.7 Å². The van der Waals surface area contributed by atoms with Crippen molar-refractivity contribution in [2.24, 2.45) is 0 Å². The Balaban J connectivity index is 2.30. The Morgan fingerprint density at radius 2 is 1.33 bits per heavy atom. The number of rotatable bonds is 14. The summed E-state index contributed by atoms with van der Waals surface area (Å²) in [5.74, 6) is 0.0345. The van der Waals surface area contributed by atoms with Crippen LogP contribution >= 0.6 is 0 Å². The summed E-state index contributed by atoms with van der Waals surface area (Å²) in [6.45, 7) is 4.35. The Hall–Kier alpha value is -1.44. The van der Waals surface area contributed by atoms with Crippen molar-refractivity contribution in [3.63, 3.8) is 0 Å². The molecule has 0 atom stereocenters. The fraction of sp³-hybridized carbons (Fsp3) is 0.636. The summed E-state index contributed by atoms with van der Waals surface area (Å²) in [7, 11) is 0. The third kappa shape index (κ3) is 9.00. The van der Waals surface area contributed by atoms with Gasteiger partial charge in [0.05, 0.1) is 6.42 Å². The van der Waals surface area contributed by atoms with Crippen LogP contribution in [0.2, 0.25) is 0 Å². The highest BCUT2D eigenvalue weighted by atomic mass is 16.1. The number of hydrogen-bond acceptors (Lipinski definition) is 2. The summed E-state index contributed by atoms with van der Waals surface area (Å²) in [6, 6.07) is 7.85. The Kier molecular flexibility index (Phi) is 11.1. The highest BCUT2D eigenvalue weighted by Gasteiger charge is 2.11. The Bertz CT molecular complexity index is 473. The molecule has 0 amide bonds. The van der Waals surface area contributed by atoms with E-state index in [-0.39, 0.29) is 18.0 Å². The summed E-state index contributed by atoms with van der Waals surface area (Å²) in [5.41, 5.74) is 1.96. The van der Waals surface area contributed by atoms with Gasteiger partial charge in [0.25, 0.3) is 0 Å². The van der Waals surface area contributed by atoms with E-state index in [1.165, 1.54) is 44.1 Å². The van der Waals surface area contributed by atoms with E-state index in [0.29, 0.717) is 12.0 Å². The maximum absolute atomic E-state index is 12.1. The van der Waals surface area contributed by atoms with Gasteiger partial charge in [0.2, 0.25) is 0 Å². The summed E-state index contributed by atoms with van der Waals surface area (Å²) in [5, 5.41) is 0. The van der Waals surface area contributed by atoms with Crippen LogP contribution < -0.4 is 0 Å². The molecule has 2 heteroatoms. The van der Waals surface area contributed by atoms with Gasteiger partial charge >= 0.3 is 0 Å². The second-order valence-corrected chi connectivity index (χ2v) is 6.81. The molecule has 24 heavy (non-hydrogen) atoms. The molecule has 0 aliphatic heterocycles. The number of hydrogen-bond donors (Lipinski definition) is 0. The molecular weight excluding hydrogens is 296 g/mol. The van der Waals surface area contributed by atoms with Crippen LogP contribution in [0.3, 0.4) is 0 Å². The first-order valence-electron chi connectivity index (χ1n) is 9.81. The molecule has 0 radical (unpaired) electrons. The molecule has 1 aromatic carbocycles. The normalized spacial score (nSPS) is 10.8. The van der Waals surface area contributed by atoms with Gasteiger partial charge in [-0.1, -0.05) is 83.1 Å². The van der Waals surface area contributed by atoms with Gasteiger partial charge in [0, 0.05) is 12.0 Å². The molecule has 1 rings (SSSR count). The van der Waals surface area contributed by atoms with E-state index < -0.39 is 0 Å². The van der Waals surface area contributed by atoms with Crippen molar-refractivity contribution >= 4 is 11.6 Å². The molecule has 0 aliphatic rings. The Morgan fingerprint density at radius 3 is 2.00 bits per heavy atom. The van der Waals surface area contributed by atoms with Crippen molar-refractivity contribution < 1.29 is 9.59 Å². The number of unbranched alkanes of at least 4 members (excludes halogenated alkanes) is 7. The number of carbonyl (C=O) groups is 2. The molecule has 134 valence electrons. The average molecular weight is 331 g/mol. The van der Waals surface area contributed by atoms with E-state index in [1.807, 2.05) is 24.3 Å². The van der Waals surface area contributed by atoms with Crippen LogP contribution in [0, 0.1) is 0 Å². The first-order valence-corrected chi connectivity index (χ1v) is 9.81. The topological polar surface area (TPSA) is 34.1 Å². The lowest BCUT2D eigenvalue weighted by Crippen LogP contribution is -2.08. The molecule has 0 N–H and O–H groups in total. The first-order chi connectivity index (χ1) is 11.7. The van der Waals surface area contributed by atoms with Gasteiger partial charge in [-0.25, -0.2) is 0 Å². The minimum Gasteiger partial charge on any atom is -0.299 e. The first kappa shape index (κ1) is 20.6. The van der Waals surface area contributed by atoms with Crippen LogP contribution in [-0.4, -0.2) is 11.6 Å². The van der Waals surface area contributed by atoms with Gasteiger partial charge in [-0.15, -0.1) is 0 Å². The van der Waals surface area contributed by atoms with E-state index in [4.69, 9.17) is 0 Å². The molecule has 0 heterocycles. The maximum atomic E-state index is 12.1. The van der Waals surface area contributed by atoms with Gasteiger partial charge in [0.1, 0.15) is 5.78 Å². The predicted molar refractivity (Wildman–Crippen MR) is 102 cm³/mol. The van der Waals surface area contributed by atoms with Gasteiger partial charge in [-0.2, -0.15) is 0 Å². The zero-order valence-electron chi connectivity index (χ0n) is 15.6. The van der Waals surface area contributed by atoms with Crippen LogP contribution in [0.5, 0.6) is 0 Å². The van der Waals surface area contributed by atoms with Gasteiger partial charge in [-0.3, -0.25) is 9.59 Å². The molecule has 0 saturated carbocycles. The highest BCUT2D eigenvalue weighted by Crippen LogP contribution is 2.13. The average Bonchev–Trinajstić information content (AvgIpc) is 2.58. The number of benzene rings is 1. The van der Waals surface area contributed by atoms with Gasteiger partial charge in [0.15, 0.2) is 5.78 Å². The second kappa shape index (κ2) is 12.9. The minimum absolute atomic E-state index is 0.0392. The van der Waals surface area contributed by atoms with Crippen LogP contribution in [0.25, 0.3) is 0 Å². The number of ketones is 2. The molecule has 0 spiro atoms. The van der Waals surface area contributed by atoms with Gasteiger partial charge in [-0.05, 0) is 24.8 Å². The van der Waals surface area contributed by atoms with Crippen molar-refractivity contribution in [1.29, 1.82) is 0 Å². The zero-order chi connectivity index (χ0) is 17.6. The Labute approximate surface area is 148 Å². The Morgan fingerprint density at radius 1 is 0.750 bits per heavy atom. The van der Waals surface area contributed by atoms with Crippen molar-refractivity contribution in [2.45, 2.75) is 90.9 Å². The quantitative estimate of drug-likeness (QED) is 0.227. The molecule has 0 bridgehead atoms. The van der Waals surface area contributed by atoms with Crippen molar-refractivity contribution in [3.8, 4) is 0 Å². The molecule has 1 aromatic rings. The third-order valence-electron chi connectivity index (χ3n) is 4.51. The molecule has 2 nitrogen and oxygen atoms in total. The molecule has 0 unspecified atom stereocenters. The molecule has 0 fully saturated rings. The lowest BCUT2D eigenvalue weighted by atomic mass is 10.00. The second-order valence-electron chi connectivity index (χ2n) is 6.81. The molecule has 0 aromatic heterocycles. The smallest absolute Gasteiger partial charge is 0.170 e. The summed E-state index contributed by atoms with van der Waals surface area (Å²) in [6.07, 6.45) is 12.5. The lowest BCUT2D eigenvalue weighted by molar-refractivity contribution is -0.118. The van der Waals surface area contributed by atoms with Crippen LogP contribution in [0.1, 0.15) is 100 Å². The van der Waals surface area contributed by atoms with Crippen LogP contribution in [0.4, 0.5) is 0 Å². The zero-order valence-corrected chi connectivity index (χ0v) is 15.6. The molecule has 0 saturated heterocycles. The van der Waals surface area contributed by atoms with E-state index in [1.54, 1.807) is 0 Å². The number of aryl methyl sites for hydroxylation is 1. The maximum Gasteiger partial charge on any atom is 0.170 e. The number of Topliss-reactive ketones (excluding diaryl/α,β-unsaturated/α-hetero) is 2. The summed E-state index contributed by atoms with van der Waals surface area (Å²) in [4.78, 5) is 23.9. The summed E-state index contributed by atoms with van der Waals surface area (Å²) >= 11 is 0. The molecular formula is C22H34O2.